The molecule has 0 aliphatic rings. The average Bonchev–Trinajstić information content (AvgIpc) is 2.31. The van der Waals surface area contributed by atoms with Crippen molar-refractivity contribution in [2.45, 2.75) is 32.8 Å². The fraction of sp³-hybridized carbons (Fsp3) is 0.615. The van der Waals surface area contributed by atoms with Gasteiger partial charge in [0.1, 0.15) is 0 Å². The summed E-state index contributed by atoms with van der Waals surface area (Å²) in [6.45, 7) is 7.35. The van der Waals surface area contributed by atoms with Gasteiger partial charge >= 0.3 is 0 Å². The molecular weight excluding hydrogens is 200 g/mol. The second-order valence-corrected chi connectivity index (χ2v) is 3.99. The Hall–Kier alpha value is -0.930. The minimum atomic E-state index is -0.282. The molecule has 90 valence electrons. The van der Waals surface area contributed by atoms with Crippen LogP contribution in [0.15, 0.2) is 24.4 Å². The number of nitrogens with zero attached hydrogens (tertiary/aromatic N) is 2. The van der Waals surface area contributed by atoms with Crippen molar-refractivity contribution in [1.82, 2.24) is 9.88 Å². The first-order valence-corrected chi connectivity index (χ1v) is 6.06. The molecule has 0 amide bonds. The summed E-state index contributed by atoms with van der Waals surface area (Å²) in [5.74, 6) is 0. The summed E-state index contributed by atoms with van der Waals surface area (Å²) in [7, 11) is 0. The van der Waals surface area contributed by atoms with Gasteiger partial charge in [-0.1, -0.05) is 19.9 Å². The Labute approximate surface area is 98.1 Å². The molecule has 3 heteroatoms. The predicted molar refractivity (Wildman–Crippen MR) is 66.4 cm³/mol. The zero-order chi connectivity index (χ0) is 11.8. The highest BCUT2D eigenvalue weighted by molar-refractivity contribution is 5.04. The van der Waals surface area contributed by atoms with Crippen molar-refractivity contribution >= 4 is 0 Å². The molecule has 0 aromatic carbocycles. The number of aromatic nitrogens is 1. The van der Waals surface area contributed by atoms with Gasteiger partial charge in [-0.3, -0.25) is 4.98 Å². The third kappa shape index (κ3) is 4.73. The molecule has 0 spiro atoms. The van der Waals surface area contributed by atoms with E-state index in [4.69, 9.17) is 0 Å². The van der Waals surface area contributed by atoms with Crippen LogP contribution in [0.4, 0.5) is 0 Å². The van der Waals surface area contributed by atoms with Gasteiger partial charge in [0.25, 0.3) is 0 Å². The molecule has 0 aliphatic heterocycles. The molecular formula is C13H22N2O. The first-order valence-electron chi connectivity index (χ1n) is 6.06. The number of aliphatic hydroxyl groups excluding tert-OH is 1. The molecule has 1 aromatic rings. The van der Waals surface area contributed by atoms with Gasteiger partial charge in [0.15, 0.2) is 0 Å². The normalized spacial score (nSPS) is 13.0. The molecule has 0 bridgehead atoms. The van der Waals surface area contributed by atoms with Crippen LogP contribution in [0.25, 0.3) is 0 Å². The molecule has 1 atom stereocenters. The summed E-state index contributed by atoms with van der Waals surface area (Å²) in [5, 5.41) is 9.88. The maximum Gasteiger partial charge on any atom is 0.0607 e. The van der Waals surface area contributed by atoms with Crippen LogP contribution in [0.3, 0.4) is 0 Å². The minimum absolute atomic E-state index is 0.282. The van der Waals surface area contributed by atoms with E-state index in [0.29, 0.717) is 6.42 Å². The molecule has 3 nitrogen and oxygen atoms in total. The Morgan fingerprint density at radius 3 is 2.62 bits per heavy atom. The Morgan fingerprint density at radius 1 is 1.31 bits per heavy atom. The van der Waals surface area contributed by atoms with Crippen molar-refractivity contribution in [3.63, 3.8) is 0 Å². The van der Waals surface area contributed by atoms with Gasteiger partial charge in [-0.05, 0) is 31.6 Å². The quantitative estimate of drug-likeness (QED) is 0.763. The summed E-state index contributed by atoms with van der Waals surface area (Å²) in [6, 6.07) is 5.81. The number of rotatable bonds is 7. The van der Waals surface area contributed by atoms with E-state index in [0.717, 1.165) is 31.7 Å². The Morgan fingerprint density at radius 2 is 2.06 bits per heavy atom. The molecule has 0 saturated heterocycles. The first-order chi connectivity index (χ1) is 7.76. The molecule has 0 radical (unpaired) electrons. The highest BCUT2D eigenvalue weighted by Gasteiger charge is 2.08. The molecule has 0 saturated carbocycles. The van der Waals surface area contributed by atoms with Gasteiger partial charge in [-0.15, -0.1) is 0 Å². The minimum Gasteiger partial charge on any atom is -0.393 e. The monoisotopic (exact) mass is 222 g/mol. The SMILES string of the molecule is CCN(CC)CCC(O)Cc1ccccn1. The van der Waals surface area contributed by atoms with Crippen LogP contribution in [-0.4, -0.2) is 40.7 Å². The Balaban J connectivity index is 2.28. The zero-order valence-electron chi connectivity index (χ0n) is 10.3. The van der Waals surface area contributed by atoms with Gasteiger partial charge < -0.3 is 10.0 Å². The number of aliphatic hydroxyl groups is 1. The van der Waals surface area contributed by atoms with Crippen molar-refractivity contribution < 1.29 is 5.11 Å². The van der Waals surface area contributed by atoms with E-state index in [1.54, 1.807) is 6.20 Å². The van der Waals surface area contributed by atoms with Crippen LogP contribution >= 0.6 is 0 Å². The van der Waals surface area contributed by atoms with Crippen LogP contribution in [0.1, 0.15) is 26.0 Å². The lowest BCUT2D eigenvalue weighted by atomic mass is 10.1. The number of hydrogen-bond acceptors (Lipinski definition) is 3. The smallest absolute Gasteiger partial charge is 0.0607 e. The predicted octanol–water partition coefficient (Wildman–Crippen LogP) is 1.72. The maximum atomic E-state index is 9.88. The highest BCUT2D eigenvalue weighted by atomic mass is 16.3. The van der Waals surface area contributed by atoms with Crippen molar-refractivity contribution in [2.75, 3.05) is 19.6 Å². The standard InChI is InChI=1S/C13H22N2O/c1-3-15(4-2)10-8-13(16)11-12-7-5-6-9-14-12/h5-7,9,13,16H,3-4,8,10-11H2,1-2H3. The second-order valence-electron chi connectivity index (χ2n) is 3.99. The molecule has 16 heavy (non-hydrogen) atoms. The molecule has 1 rings (SSSR count). The Kier molecular flexibility index (Phi) is 6.04. The summed E-state index contributed by atoms with van der Waals surface area (Å²) >= 11 is 0. The van der Waals surface area contributed by atoms with Crippen LogP contribution in [0.2, 0.25) is 0 Å². The van der Waals surface area contributed by atoms with Crippen molar-refractivity contribution in [2.24, 2.45) is 0 Å². The fourth-order valence-corrected chi connectivity index (χ4v) is 1.73. The molecule has 1 N–H and O–H groups in total. The maximum absolute atomic E-state index is 9.88. The van der Waals surface area contributed by atoms with E-state index < -0.39 is 0 Å². The zero-order valence-corrected chi connectivity index (χ0v) is 10.3. The molecule has 1 aromatic heterocycles. The van der Waals surface area contributed by atoms with Gasteiger partial charge in [0, 0.05) is 24.9 Å². The molecule has 1 heterocycles. The molecule has 0 aliphatic carbocycles. The van der Waals surface area contributed by atoms with Crippen LogP contribution < -0.4 is 0 Å². The van der Waals surface area contributed by atoms with E-state index in [1.165, 1.54) is 0 Å². The van der Waals surface area contributed by atoms with E-state index in [1.807, 2.05) is 18.2 Å². The number of hydrogen-bond donors (Lipinski definition) is 1. The van der Waals surface area contributed by atoms with Crippen molar-refractivity contribution in [1.29, 1.82) is 0 Å². The third-order valence-electron chi connectivity index (χ3n) is 2.84. The van der Waals surface area contributed by atoms with Crippen molar-refractivity contribution in [3.8, 4) is 0 Å². The highest BCUT2D eigenvalue weighted by Crippen LogP contribution is 2.03. The fourth-order valence-electron chi connectivity index (χ4n) is 1.73. The van der Waals surface area contributed by atoms with E-state index in [2.05, 4.69) is 23.7 Å². The van der Waals surface area contributed by atoms with Gasteiger partial charge in [-0.25, -0.2) is 0 Å². The largest absolute Gasteiger partial charge is 0.393 e. The van der Waals surface area contributed by atoms with Gasteiger partial charge in [0.05, 0.1) is 6.10 Å². The van der Waals surface area contributed by atoms with E-state index in [9.17, 15) is 5.11 Å². The van der Waals surface area contributed by atoms with Crippen LogP contribution in [0.5, 0.6) is 0 Å². The third-order valence-corrected chi connectivity index (χ3v) is 2.84. The lowest BCUT2D eigenvalue weighted by Gasteiger charge is -2.19. The summed E-state index contributed by atoms with van der Waals surface area (Å²) in [4.78, 5) is 6.53. The van der Waals surface area contributed by atoms with Gasteiger partial charge in [-0.2, -0.15) is 0 Å². The van der Waals surface area contributed by atoms with Crippen LogP contribution in [0, 0.1) is 0 Å². The summed E-state index contributed by atoms with van der Waals surface area (Å²) in [6.07, 6.45) is 2.96. The summed E-state index contributed by atoms with van der Waals surface area (Å²) in [5.41, 5.74) is 0.967. The Bertz CT molecular complexity index is 273. The van der Waals surface area contributed by atoms with E-state index >= 15 is 0 Å². The second kappa shape index (κ2) is 7.36. The van der Waals surface area contributed by atoms with Gasteiger partial charge in [0.2, 0.25) is 0 Å². The average molecular weight is 222 g/mol. The van der Waals surface area contributed by atoms with Crippen molar-refractivity contribution in [3.05, 3.63) is 30.1 Å². The number of pyridine rings is 1. The van der Waals surface area contributed by atoms with Crippen LogP contribution in [-0.2, 0) is 6.42 Å². The molecule has 1 unspecified atom stereocenters. The lowest BCUT2D eigenvalue weighted by Crippen LogP contribution is -2.27. The lowest BCUT2D eigenvalue weighted by molar-refractivity contribution is 0.143. The van der Waals surface area contributed by atoms with E-state index in [-0.39, 0.29) is 6.10 Å². The summed E-state index contributed by atoms with van der Waals surface area (Å²) < 4.78 is 0. The topological polar surface area (TPSA) is 36.4 Å². The first kappa shape index (κ1) is 13.1. The molecule has 0 fully saturated rings.